The zero-order chi connectivity index (χ0) is 11.3. The van der Waals surface area contributed by atoms with Crippen LogP contribution in [0.5, 0.6) is 0 Å². The minimum Gasteiger partial charge on any atom is -0.490 e. The van der Waals surface area contributed by atoms with Gasteiger partial charge in [0.2, 0.25) is 5.79 Å². The number of aliphatic hydroxyl groups is 1. The maximum atomic E-state index is 9.55. The highest BCUT2D eigenvalue weighted by atomic mass is 16.7. The monoisotopic (exact) mass is 212 g/mol. The fraction of sp³-hybridized carbons (Fsp3) is 0.667. The Labute approximate surface area is 91.4 Å². The zero-order valence-electron chi connectivity index (χ0n) is 9.58. The lowest BCUT2D eigenvalue weighted by molar-refractivity contribution is -0.176. The van der Waals surface area contributed by atoms with Crippen molar-refractivity contribution < 1.29 is 14.6 Å². The van der Waals surface area contributed by atoms with Crippen LogP contribution in [0.15, 0.2) is 24.2 Å². The average Bonchev–Trinajstić information content (AvgIpc) is 2.19. The quantitative estimate of drug-likeness (QED) is 0.521. The summed E-state index contributed by atoms with van der Waals surface area (Å²) in [5, 5.41) is 9.55. The van der Waals surface area contributed by atoms with Crippen molar-refractivity contribution in [3.05, 3.63) is 24.2 Å². The van der Waals surface area contributed by atoms with Gasteiger partial charge in [-0.1, -0.05) is 33.3 Å². The Morgan fingerprint density at radius 2 is 2.20 bits per heavy atom. The number of rotatable bonds is 7. The molecule has 1 aliphatic rings. The Hall–Kier alpha value is -0.960. The largest absolute Gasteiger partial charge is 0.490 e. The molecule has 0 aromatic heterocycles. The van der Waals surface area contributed by atoms with E-state index in [4.69, 9.17) is 9.47 Å². The Morgan fingerprint density at radius 3 is 2.73 bits per heavy atom. The minimum atomic E-state index is -1.09. The molecule has 1 N–H and O–H groups in total. The molecule has 0 fully saturated rings. The van der Waals surface area contributed by atoms with Crippen molar-refractivity contribution in [1.29, 1.82) is 0 Å². The topological polar surface area (TPSA) is 38.7 Å². The number of ether oxygens (including phenoxy) is 2. The van der Waals surface area contributed by atoms with Gasteiger partial charge < -0.3 is 14.6 Å². The standard InChI is InChI=1S/C12H20O3/c1-4-6-7-8-14-10(3)11-9-12(13,5-2)15-11/h9,13H,3-8H2,1-2H3. The predicted molar refractivity (Wildman–Crippen MR) is 59.0 cm³/mol. The smallest absolute Gasteiger partial charge is 0.231 e. The van der Waals surface area contributed by atoms with Crippen molar-refractivity contribution >= 4 is 0 Å². The molecule has 1 aliphatic heterocycles. The molecule has 0 amide bonds. The summed E-state index contributed by atoms with van der Waals surface area (Å²) >= 11 is 0. The van der Waals surface area contributed by atoms with Crippen LogP contribution in [0.1, 0.15) is 39.5 Å². The number of unbranched alkanes of at least 4 members (excludes halogenated alkanes) is 2. The maximum absolute atomic E-state index is 9.55. The summed E-state index contributed by atoms with van der Waals surface area (Å²) in [6, 6.07) is 0. The third-order valence-electron chi connectivity index (χ3n) is 2.45. The molecule has 1 unspecified atom stereocenters. The molecular formula is C12H20O3. The maximum Gasteiger partial charge on any atom is 0.231 e. The second-order valence-corrected chi connectivity index (χ2v) is 3.79. The van der Waals surface area contributed by atoms with E-state index in [0.29, 0.717) is 24.5 Å². The van der Waals surface area contributed by atoms with Gasteiger partial charge in [0.15, 0.2) is 11.5 Å². The highest BCUT2D eigenvalue weighted by molar-refractivity contribution is 5.27. The molecule has 0 saturated heterocycles. The molecule has 86 valence electrons. The second kappa shape index (κ2) is 5.21. The molecule has 1 heterocycles. The van der Waals surface area contributed by atoms with Crippen LogP contribution in [-0.2, 0) is 9.47 Å². The van der Waals surface area contributed by atoms with Gasteiger partial charge in [-0.05, 0) is 6.42 Å². The minimum absolute atomic E-state index is 0.518. The Morgan fingerprint density at radius 1 is 1.53 bits per heavy atom. The van der Waals surface area contributed by atoms with Crippen molar-refractivity contribution in [3.63, 3.8) is 0 Å². The van der Waals surface area contributed by atoms with E-state index in [1.54, 1.807) is 6.08 Å². The third kappa shape index (κ3) is 3.27. The SMILES string of the molecule is C=C(OCCCCC)C1=CC(O)(CC)O1. The van der Waals surface area contributed by atoms with E-state index < -0.39 is 5.79 Å². The normalized spacial score (nSPS) is 23.8. The predicted octanol–water partition coefficient (Wildman–Crippen LogP) is 2.72. The highest BCUT2D eigenvalue weighted by Crippen LogP contribution is 2.33. The van der Waals surface area contributed by atoms with Crippen LogP contribution in [0, 0.1) is 0 Å². The first-order valence-corrected chi connectivity index (χ1v) is 5.57. The number of hydrogen-bond acceptors (Lipinski definition) is 3. The van der Waals surface area contributed by atoms with E-state index in [1.807, 2.05) is 6.92 Å². The lowest BCUT2D eigenvalue weighted by atomic mass is 10.1. The molecule has 0 radical (unpaired) electrons. The van der Waals surface area contributed by atoms with Crippen molar-refractivity contribution in [2.24, 2.45) is 0 Å². The van der Waals surface area contributed by atoms with Gasteiger partial charge in [0.05, 0.1) is 6.61 Å². The van der Waals surface area contributed by atoms with Crippen LogP contribution < -0.4 is 0 Å². The Kier molecular flexibility index (Phi) is 4.21. The molecule has 0 saturated carbocycles. The lowest BCUT2D eigenvalue weighted by Gasteiger charge is -2.35. The molecule has 0 spiro atoms. The van der Waals surface area contributed by atoms with Crippen molar-refractivity contribution in [3.8, 4) is 0 Å². The summed E-state index contributed by atoms with van der Waals surface area (Å²) in [5.41, 5.74) is 0. The summed E-state index contributed by atoms with van der Waals surface area (Å²) in [5.74, 6) is -0.00881. The van der Waals surface area contributed by atoms with Gasteiger partial charge in [0.1, 0.15) is 0 Å². The van der Waals surface area contributed by atoms with Crippen molar-refractivity contribution in [2.45, 2.75) is 45.3 Å². The molecule has 0 aromatic rings. The number of hydrogen-bond donors (Lipinski definition) is 1. The van der Waals surface area contributed by atoms with E-state index in [-0.39, 0.29) is 0 Å². The van der Waals surface area contributed by atoms with Gasteiger partial charge in [-0.25, -0.2) is 0 Å². The second-order valence-electron chi connectivity index (χ2n) is 3.79. The van der Waals surface area contributed by atoms with Crippen LogP contribution >= 0.6 is 0 Å². The fourth-order valence-corrected chi connectivity index (χ4v) is 1.33. The van der Waals surface area contributed by atoms with E-state index >= 15 is 0 Å². The van der Waals surface area contributed by atoms with Gasteiger partial charge in [0.25, 0.3) is 0 Å². The summed E-state index contributed by atoms with van der Waals surface area (Å²) in [6.45, 7) is 8.42. The lowest BCUT2D eigenvalue weighted by Crippen LogP contribution is -2.37. The molecule has 3 nitrogen and oxygen atoms in total. The van der Waals surface area contributed by atoms with Crippen LogP contribution in [0.4, 0.5) is 0 Å². The van der Waals surface area contributed by atoms with E-state index in [1.165, 1.54) is 6.42 Å². The molecule has 0 aromatic carbocycles. The summed E-state index contributed by atoms with van der Waals surface area (Å²) < 4.78 is 10.6. The molecule has 0 bridgehead atoms. The zero-order valence-corrected chi connectivity index (χ0v) is 9.58. The van der Waals surface area contributed by atoms with Crippen molar-refractivity contribution in [1.82, 2.24) is 0 Å². The highest BCUT2D eigenvalue weighted by Gasteiger charge is 2.36. The molecule has 15 heavy (non-hydrogen) atoms. The van der Waals surface area contributed by atoms with Gasteiger partial charge in [-0.15, -0.1) is 0 Å². The molecular weight excluding hydrogens is 192 g/mol. The van der Waals surface area contributed by atoms with Crippen LogP contribution in [0.2, 0.25) is 0 Å². The molecule has 1 atom stereocenters. The van der Waals surface area contributed by atoms with Crippen LogP contribution in [-0.4, -0.2) is 17.5 Å². The summed E-state index contributed by atoms with van der Waals surface area (Å²) in [6.07, 6.45) is 5.55. The van der Waals surface area contributed by atoms with Crippen LogP contribution in [0.3, 0.4) is 0 Å². The van der Waals surface area contributed by atoms with Crippen molar-refractivity contribution in [2.75, 3.05) is 6.61 Å². The first-order chi connectivity index (χ1) is 7.11. The Balaban J connectivity index is 2.23. The first-order valence-electron chi connectivity index (χ1n) is 5.57. The fourth-order valence-electron chi connectivity index (χ4n) is 1.33. The summed E-state index contributed by atoms with van der Waals surface area (Å²) in [7, 11) is 0. The van der Waals surface area contributed by atoms with E-state index in [9.17, 15) is 5.11 Å². The molecule has 1 rings (SSSR count). The van der Waals surface area contributed by atoms with E-state index in [0.717, 1.165) is 12.8 Å². The Bertz CT molecular complexity index is 258. The summed E-state index contributed by atoms with van der Waals surface area (Å²) in [4.78, 5) is 0. The third-order valence-corrected chi connectivity index (χ3v) is 2.45. The van der Waals surface area contributed by atoms with Crippen LogP contribution in [0.25, 0.3) is 0 Å². The van der Waals surface area contributed by atoms with E-state index in [2.05, 4.69) is 13.5 Å². The molecule has 0 aliphatic carbocycles. The molecule has 3 heteroatoms. The van der Waals surface area contributed by atoms with Gasteiger partial charge in [-0.2, -0.15) is 0 Å². The van der Waals surface area contributed by atoms with Gasteiger partial charge >= 0.3 is 0 Å². The van der Waals surface area contributed by atoms with Gasteiger partial charge in [-0.3, -0.25) is 0 Å². The van der Waals surface area contributed by atoms with Gasteiger partial charge in [0, 0.05) is 12.5 Å². The average molecular weight is 212 g/mol. The first kappa shape index (κ1) is 12.1.